The van der Waals surface area contributed by atoms with Gasteiger partial charge in [0, 0.05) is 24.2 Å². The first kappa shape index (κ1) is 12.4. The summed E-state index contributed by atoms with van der Waals surface area (Å²) in [7, 11) is 0. The molecule has 2 rings (SSSR count). The lowest BCUT2D eigenvalue weighted by atomic mass is 10.1. The molecule has 1 fully saturated rings. The third-order valence-corrected chi connectivity index (χ3v) is 3.73. The Hall–Kier alpha value is -1.03. The van der Waals surface area contributed by atoms with Gasteiger partial charge in [0.2, 0.25) is 0 Å². The van der Waals surface area contributed by atoms with E-state index in [0.717, 1.165) is 31.5 Å². The van der Waals surface area contributed by atoms with E-state index in [1.165, 1.54) is 6.42 Å². The summed E-state index contributed by atoms with van der Waals surface area (Å²) in [5.74, 6) is 0.576. The third kappa shape index (κ3) is 2.63. The van der Waals surface area contributed by atoms with Gasteiger partial charge in [-0.1, -0.05) is 12.8 Å². The highest BCUT2D eigenvalue weighted by molar-refractivity contribution is 6.18. The van der Waals surface area contributed by atoms with E-state index in [1.54, 1.807) is 6.20 Å². The molecule has 2 heterocycles. The molecule has 0 radical (unpaired) electrons. The van der Waals surface area contributed by atoms with E-state index in [1.807, 2.05) is 11.8 Å². The molecule has 1 unspecified atom stereocenters. The SMILES string of the molecule is Cc1[nH]ncc1C(=O)N1CCCCCC1CCl. The van der Waals surface area contributed by atoms with Crippen LogP contribution in [0.25, 0.3) is 0 Å². The molecule has 17 heavy (non-hydrogen) atoms. The normalized spacial score (nSPS) is 21.3. The number of hydrogen-bond acceptors (Lipinski definition) is 2. The van der Waals surface area contributed by atoms with Gasteiger partial charge >= 0.3 is 0 Å². The molecular weight excluding hydrogens is 238 g/mol. The summed E-state index contributed by atoms with van der Waals surface area (Å²) >= 11 is 5.98. The summed E-state index contributed by atoms with van der Waals surface area (Å²) in [5, 5.41) is 6.71. The van der Waals surface area contributed by atoms with Crippen LogP contribution >= 0.6 is 11.6 Å². The third-order valence-electron chi connectivity index (χ3n) is 3.38. The molecule has 1 aromatic rings. The van der Waals surface area contributed by atoms with Gasteiger partial charge in [0.05, 0.1) is 11.8 Å². The van der Waals surface area contributed by atoms with Crippen LogP contribution in [0.1, 0.15) is 41.7 Å². The summed E-state index contributed by atoms with van der Waals surface area (Å²) in [5.41, 5.74) is 1.49. The Balaban J connectivity index is 2.18. The zero-order valence-electron chi connectivity index (χ0n) is 10.1. The highest BCUT2D eigenvalue weighted by Gasteiger charge is 2.26. The van der Waals surface area contributed by atoms with Crippen molar-refractivity contribution in [2.45, 2.75) is 38.6 Å². The van der Waals surface area contributed by atoms with Crippen molar-refractivity contribution in [2.24, 2.45) is 0 Å². The number of hydrogen-bond donors (Lipinski definition) is 1. The predicted octanol–water partition coefficient (Wildman–Crippen LogP) is 2.34. The van der Waals surface area contributed by atoms with Gasteiger partial charge in [-0.15, -0.1) is 11.6 Å². The fourth-order valence-electron chi connectivity index (χ4n) is 2.33. The maximum atomic E-state index is 12.4. The maximum absolute atomic E-state index is 12.4. The molecule has 5 heteroatoms. The molecule has 0 spiro atoms. The topological polar surface area (TPSA) is 49.0 Å². The lowest BCUT2D eigenvalue weighted by molar-refractivity contribution is 0.0699. The highest BCUT2D eigenvalue weighted by Crippen LogP contribution is 2.20. The van der Waals surface area contributed by atoms with Crippen LogP contribution in [0.3, 0.4) is 0 Å². The quantitative estimate of drug-likeness (QED) is 0.825. The highest BCUT2D eigenvalue weighted by atomic mass is 35.5. The Morgan fingerprint density at radius 3 is 3.06 bits per heavy atom. The standard InChI is InChI=1S/C12H18ClN3O/c1-9-11(8-14-15-9)12(17)16-6-4-2-3-5-10(16)7-13/h8,10H,2-7H2,1H3,(H,14,15). The molecule has 0 aliphatic carbocycles. The fraction of sp³-hybridized carbons (Fsp3) is 0.667. The predicted molar refractivity (Wildman–Crippen MR) is 67.3 cm³/mol. The number of aromatic nitrogens is 2. The Morgan fingerprint density at radius 1 is 1.59 bits per heavy atom. The van der Waals surface area contributed by atoms with Crippen molar-refractivity contribution < 1.29 is 4.79 Å². The van der Waals surface area contributed by atoms with E-state index >= 15 is 0 Å². The van der Waals surface area contributed by atoms with Crippen LogP contribution in [0.4, 0.5) is 0 Å². The summed E-state index contributed by atoms with van der Waals surface area (Å²) < 4.78 is 0. The number of carbonyl (C=O) groups excluding carboxylic acids is 1. The van der Waals surface area contributed by atoms with Crippen LogP contribution in [0, 0.1) is 6.92 Å². The molecular formula is C12H18ClN3O. The summed E-state index contributed by atoms with van der Waals surface area (Å²) in [6, 6.07) is 0.168. The second-order valence-electron chi connectivity index (χ2n) is 4.56. The van der Waals surface area contributed by atoms with Gasteiger partial charge in [-0.25, -0.2) is 0 Å². The van der Waals surface area contributed by atoms with Crippen molar-refractivity contribution in [3.8, 4) is 0 Å². The van der Waals surface area contributed by atoms with Crippen molar-refractivity contribution in [2.75, 3.05) is 12.4 Å². The van der Waals surface area contributed by atoms with E-state index < -0.39 is 0 Å². The Morgan fingerprint density at radius 2 is 2.41 bits per heavy atom. The number of alkyl halides is 1. The van der Waals surface area contributed by atoms with Crippen molar-refractivity contribution in [1.29, 1.82) is 0 Å². The molecule has 1 aliphatic rings. The van der Waals surface area contributed by atoms with E-state index in [4.69, 9.17) is 11.6 Å². The van der Waals surface area contributed by atoms with Crippen LogP contribution in [0.15, 0.2) is 6.20 Å². The van der Waals surface area contributed by atoms with E-state index in [2.05, 4.69) is 10.2 Å². The molecule has 0 aromatic carbocycles. The minimum absolute atomic E-state index is 0.0591. The number of H-pyrrole nitrogens is 1. The summed E-state index contributed by atoms with van der Waals surface area (Å²) in [6.07, 6.45) is 6.02. The van der Waals surface area contributed by atoms with Crippen molar-refractivity contribution in [3.05, 3.63) is 17.5 Å². The van der Waals surface area contributed by atoms with Crippen LogP contribution in [0.5, 0.6) is 0 Å². The van der Waals surface area contributed by atoms with Gasteiger partial charge in [0.1, 0.15) is 0 Å². The molecule has 1 atom stereocenters. The fourth-order valence-corrected chi connectivity index (χ4v) is 2.65. The lowest BCUT2D eigenvalue weighted by Gasteiger charge is -2.28. The van der Waals surface area contributed by atoms with Crippen LogP contribution in [-0.2, 0) is 0 Å². The Kier molecular flexibility index (Phi) is 4.05. The van der Waals surface area contributed by atoms with Gasteiger partial charge in [0.15, 0.2) is 0 Å². The molecule has 1 aliphatic heterocycles. The first-order valence-electron chi connectivity index (χ1n) is 6.11. The van der Waals surface area contributed by atoms with E-state index in [-0.39, 0.29) is 11.9 Å². The first-order chi connectivity index (χ1) is 8.24. The number of likely N-dealkylation sites (tertiary alicyclic amines) is 1. The Labute approximate surface area is 106 Å². The molecule has 1 N–H and O–H groups in total. The molecule has 1 saturated heterocycles. The summed E-state index contributed by atoms with van der Waals surface area (Å²) in [4.78, 5) is 14.3. The molecule has 94 valence electrons. The number of amides is 1. The molecule has 1 aromatic heterocycles. The number of rotatable bonds is 2. The maximum Gasteiger partial charge on any atom is 0.257 e. The minimum atomic E-state index is 0.0591. The molecule has 0 bridgehead atoms. The average molecular weight is 256 g/mol. The zero-order valence-corrected chi connectivity index (χ0v) is 10.8. The molecule has 0 saturated carbocycles. The van der Waals surface area contributed by atoms with E-state index in [9.17, 15) is 4.79 Å². The largest absolute Gasteiger partial charge is 0.334 e. The van der Waals surface area contributed by atoms with Crippen LogP contribution in [0.2, 0.25) is 0 Å². The first-order valence-corrected chi connectivity index (χ1v) is 6.64. The second kappa shape index (κ2) is 5.54. The van der Waals surface area contributed by atoms with Gasteiger partial charge in [-0.2, -0.15) is 5.10 Å². The second-order valence-corrected chi connectivity index (χ2v) is 4.87. The van der Waals surface area contributed by atoms with E-state index in [0.29, 0.717) is 11.4 Å². The number of aryl methyl sites for hydroxylation is 1. The average Bonchev–Trinajstić information content (AvgIpc) is 2.64. The van der Waals surface area contributed by atoms with Gasteiger partial charge in [-0.05, 0) is 19.8 Å². The zero-order chi connectivity index (χ0) is 12.3. The van der Waals surface area contributed by atoms with Crippen molar-refractivity contribution in [3.63, 3.8) is 0 Å². The smallest absolute Gasteiger partial charge is 0.257 e. The molecule has 4 nitrogen and oxygen atoms in total. The number of aromatic amines is 1. The van der Waals surface area contributed by atoms with Crippen LogP contribution in [-0.4, -0.2) is 39.5 Å². The van der Waals surface area contributed by atoms with Gasteiger partial charge < -0.3 is 4.90 Å². The van der Waals surface area contributed by atoms with Gasteiger partial charge in [0.25, 0.3) is 5.91 Å². The monoisotopic (exact) mass is 255 g/mol. The number of nitrogens with one attached hydrogen (secondary N) is 1. The minimum Gasteiger partial charge on any atom is -0.334 e. The van der Waals surface area contributed by atoms with Crippen molar-refractivity contribution >= 4 is 17.5 Å². The van der Waals surface area contributed by atoms with Gasteiger partial charge in [-0.3, -0.25) is 9.89 Å². The van der Waals surface area contributed by atoms with Crippen molar-refractivity contribution in [1.82, 2.24) is 15.1 Å². The lowest BCUT2D eigenvalue weighted by Crippen LogP contribution is -2.41. The number of carbonyl (C=O) groups is 1. The Bertz CT molecular complexity index is 391. The molecule has 1 amide bonds. The number of halogens is 1. The summed E-state index contributed by atoms with van der Waals surface area (Å²) in [6.45, 7) is 2.68. The number of nitrogens with zero attached hydrogens (tertiary/aromatic N) is 2. The van der Waals surface area contributed by atoms with Crippen LogP contribution < -0.4 is 0 Å².